The first-order chi connectivity index (χ1) is 21.5. The minimum atomic E-state index is 0.0217. The van der Waals surface area contributed by atoms with Gasteiger partial charge in [-0.15, -0.1) is 0 Å². The van der Waals surface area contributed by atoms with Crippen LogP contribution in [0.3, 0.4) is 0 Å². The van der Waals surface area contributed by atoms with Gasteiger partial charge >= 0.3 is 0 Å². The number of likely N-dealkylation sites (N-methyl/N-ethyl adjacent to an activating group) is 1. The van der Waals surface area contributed by atoms with Gasteiger partial charge in [0.1, 0.15) is 5.75 Å². The second-order valence-corrected chi connectivity index (χ2v) is 12.0. The van der Waals surface area contributed by atoms with Gasteiger partial charge in [-0.05, 0) is 97.9 Å². The van der Waals surface area contributed by atoms with E-state index in [2.05, 4.69) is 53.7 Å². The lowest BCUT2D eigenvalue weighted by Gasteiger charge is -2.39. The van der Waals surface area contributed by atoms with E-state index in [1.54, 1.807) is 21.3 Å². The Kier molecular flexibility index (Phi) is 6.57. The van der Waals surface area contributed by atoms with Crippen LogP contribution in [0, 0.1) is 0 Å². The van der Waals surface area contributed by atoms with E-state index in [1.165, 1.54) is 16.7 Å². The number of hydrogen-bond donors (Lipinski definition) is 1. The Morgan fingerprint density at radius 3 is 2.05 bits per heavy atom. The first kappa shape index (κ1) is 27.2. The number of nitrogens with one attached hydrogen (secondary N) is 1. The molecular formula is C36H36N2O6. The molecule has 4 aromatic carbocycles. The highest BCUT2D eigenvalue weighted by Gasteiger charge is 2.39. The van der Waals surface area contributed by atoms with E-state index < -0.39 is 0 Å². The van der Waals surface area contributed by atoms with Crippen molar-refractivity contribution in [2.75, 3.05) is 41.5 Å². The average Bonchev–Trinajstić information content (AvgIpc) is 3.05. The number of fused-ring (bicyclic) bond motifs is 1. The van der Waals surface area contributed by atoms with Crippen LogP contribution >= 0.6 is 0 Å². The lowest BCUT2D eigenvalue weighted by Crippen LogP contribution is -2.34. The van der Waals surface area contributed by atoms with Crippen LogP contribution in [0.15, 0.2) is 54.6 Å². The van der Waals surface area contributed by atoms with Crippen molar-refractivity contribution in [1.29, 1.82) is 0 Å². The van der Waals surface area contributed by atoms with Gasteiger partial charge in [0, 0.05) is 29.8 Å². The number of methoxy groups -OCH3 is 3. The third-order valence-corrected chi connectivity index (χ3v) is 9.48. The predicted octanol–water partition coefficient (Wildman–Crippen LogP) is 6.92. The van der Waals surface area contributed by atoms with Gasteiger partial charge in [-0.25, -0.2) is 0 Å². The molecule has 4 aromatic rings. The summed E-state index contributed by atoms with van der Waals surface area (Å²) in [6.45, 7) is 1.77. The van der Waals surface area contributed by atoms with Gasteiger partial charge in [0.25, 0.3) is 0 Å². The maximum absolute atomic E-state index is 6.96. The van der Waals surface area contributed by atoms with Gasteiger partial charge < -0.3 is 33.7 Å². The van der Waals surface area contributed by atoms with Crippen molar-refractivity contribution in [3.63, 3.8) is 0 Å². The summed E-state index contributed by atoms with van der Waals surface area (Å²) in [6.07, 6.45) is 3.26. The van der Waals surface area contributed by atoms with Crippen molar-refractivity contribution in [3.05, 3.63) is 88.0 Å². The molecule has 1 N–H and O–H groups in total. The molecule has 6 aliphatic rings. The molecule has 226 valence electrons. The number of rotatable bonds is 3. The fourth-order valence-electron chi connectivity index (χ4n) is 7.22. The molecule has 0 saturated heterocycles. The summed E-state index contributed by atoms with van der Waals surface area (Å²) in [5.74, 6) is 6.14. The maximum Gasteiger partial charge on any atom is 0.212 e. The SMILES string of the molecule is COc1ccc2cc1Oc1ccc(cc1)CC1NCCc3cc(OC)c4c(c31)Oc1c(OC)cc3c(c1O4)[C@H](C2)N(C)CC3. The molecule has 6 heterocycles. The second-order valence-electron chi connectivity index (χ2n) is 12.0. The third kappa shape index (κ3) is 4.35. The molecule has 10 bridgehead atoms. The average molecular weight is 593 g/mol. The highest BCUT2D eigenvalue weighted by Crippen LogP contribution is 2.60. The quantitative estimate of drug-likeness (QED) is 0.242. The van der Waals surface area contributed by atoms with Crippen molar-refractivity contribution in [1.82, 2.24) is 10.2 Å². The zero-order valence-corrected chi connectivity index (χ0v) is 25.5. The van der Waals surface area contributed by atoms with Crippen molar-refractivity contribution >= 4 is 0 Å². The summed E-state index contributed by atoms with van der Waals surface area (Å²) in [5, 5.41) is 3.74. The van der Waals surface area contributed by atoms with Gasteiger partial charge in [0.05, 0.1) is 21.3 Å². The summed E-state index contributed by atoms with van der Waals surface area (Å²) in [5.41, 5.74) is 6.93. The van der Waals surface area contributed by atoms with Crippen LogP contribution in [0.5, 0.6) is 51.7 Å². The van der Waals surface area contributed by atoms with Crippen LogP contribution in [0.4, 0.5) is 0 Å². The van der Waals surface area contributed by atoms with Crippen LogP contribution in [0.25, 0.3) is 0 Å². The number of nitrogens with zero attached hydrogens (tertiary/aromatic N) is 1. The number of benzene rings is 4. The van der Waals surface area contributed by atoms with Crippen LogP contribution in [-0.4, -0.2) is 46.4 Å². The van der Waals surface area contributed by atoms with E-state index in [0.29, 0.717) is 46.0 Å². The van der Waals surface area contributed by atoms with E-state index in [4.69, 9.17) is 28.4 Å². The molecule has 6 aliphatic heterocycles. The molecular weight excluding hydrogens is 556 g/mol. The zero-order chi connectivity index (χ0) is 29.9. The maximum atomic E-state index is 6.96. The van der Waals surface area contributed by atoms with Crippen molar-refractivity contribution in [2.45, 2.75) is 37.8 Å². The largest absolute Gasteiger partial charge is 0.493 e. The van der Waals surface area contributed by atoms with Gasteiger partial charge in [0.15, 0.2) is 34.5 Å². The number of hydrogen-bond acceptors (Lipinski definition) is 8. The Morgan fingerprint density at radius 1 is 0.682 bits per heavy atom. The monoisotopic (exact) mass is 592 g/mol. The summed E-state index contributed by atoms with van der Waals surface area (Å²) in [7, 11) is 7.23. The second kappa shape index (κ2) is 10.6. The molecule has 10 rings (SSSR count). The fourth-order valence-corrected chi connectivity index (χ4v) is 7.22. The minimum Gasteiger partial charge on any atom is -0.493 e. The highest BCUT2D eigenvalue weighted by molar-refractivity contribution is 5.71. The minimum absolute atomic E-state index is 0.0217. The highest BCUT2D eigenvalue weighted by atomic mass is 16.6. The number of ether oxygens (including phenoxy) is 6. The van der Waals surface area contributed by atoms with Gasteiger partial charge in [-0.3, -0.25) is 4.90 Å². The van der Waals surface area contributed by atoms with Crippen LogP contribution in [0.1, 0.15) is 45.5 Å². The molecule has 8 heteroatoms. The summed E-state index contributed by atoms with van der Waals surface area (Å²) in [6, 6.07) is 18.8. The van der Waals surface area contributed by atoms with Gasteiger partial charge in [-0.2, -0.15) is 0 Å². The lowest BCUT2D eigenvalue weighted by molar-refractivity contribution is 0.218. The first-order valence-electron chi connectivity index (χ1n) is 15.2. The van der Waals surface area contributed by atoms with Crippen LogP contribution in [-0.2, 0) is 25.7 Å². The zero-order valence-electron chi connectivity index (χ0n) is 25.5. The van der Waals surface area contributed by atoms with E-state index in [1.807, 2.05) is 18.2 Å². The Labute approximate surface area is 257 Å². The Balaban J connectivity index is 1.37. The van der Waals surface area contributed by atoms with Crippen molar-refractivity contribution < 1.29 is 28.4 Å². The lowest BCUT2D eigenvalue weighted by atomic mass is 9.86. The Hall–Kier alpha value is -4.40. The molecule has 0 aliphatic carbocycles. The van der Waals surface area contributed by atoms with Crippen molar-refractivity contribution in [2.24, 2.45) is 0 Å². The molecule has 0 spiro atoms. The Morgan fingerprint density at radius 2 is 1.34 bits per heavy atom. The van der Waals surface area contributed by atoms with Crippen LogP contribution < -0.4 is 33.7 Å². The van der Waals surface area contributed by atoms with Gasteiger partial charge in [-0.1, -0.05) is 18.2 Å². The molecule has 0 radical (unpaired) electrons. The normalized spacial score (nSPS) is 19.6. The molecule has 1 unspecified atom stereocenters. The molecule has 0 aromatic heterocycles. The van der Waals surface area contributed by atoms with Crippen molar-refractivity contribution in [3.8, 4) is 51.7 Å². The molecule has 0 saturated carbocycles. The predicted molar refractivity (Wildman–Crippen MR) is 167 cm³/mol. The van der Waals surface area contributed by atoms with Gasteiger partial charge in [0.2, 0.25) is 11.5 Å². The summed E-state index contributed by atoms with van der Waals surface area (Å²) >= 11 is 0. The smallest absolute Gasteiger partial charge is 0.212 e. The molecule has 0 fully saturated rings. The van der Waals surface area contributed by atoms with E-state index >= 15 is 0 Å². The van der Waals surface area contributed by atoms with E-state index in [0.717, 1.165) is 61.2 Å². The molecule has 2 atom stereocenters. The van der Waals surface area contributed by atoms with E-state index in [9.17, 15) is 0 Å². The van der Waals surface area contributed by atoms with E-state index in [-0.39, 0.29) is 12.1 Å². The molecule has 0 amide bonds. The summed E-state index contributed by atoms with van der Waals surface area (Å²) < 4.78 is 37.9. The van der Waals surface area contributed by atoms with Crippen LogP contribution in [0.2, 0.25) is 0 Å². The topological polar surface area (TPSA) is 70.7 Å². The Bertz CT molecular complexity index is 1770. The standard InChI is InChI=1S/C36H36N2O6/c1-38-14-12-23-19-30(41-4)34-36-32(23)26(38)16-21-7-10-27(39-2)28(17-21)42-24-8-5-20(6-9-24)15-25-31-22(11-13-37-25)18-29(40-3)33(44-36)35(31)43-34/h5-10,17-19,25-26,37H,11-16H2,1-4H3/t25?,26-/m0/s1. The fraction of sp³-hybridized carbons (Fsp3) is 0.333. The third-order valence-electron chi connectivity index (χ3n) is 9.48. The molecule has 8 nitrogen and oxygen atoms in total. The molecule has 44 heavy (non-hydrogen) atoms. The summed E-state index contributed by atoms with van der Waals surface area (Å²) in [4.78, 5) is 2.39. The first-order valence-corrected chi connectivity index (χ1v) is 15.2.